The Labute approximate surface area is 302 Å². The van der Waals surface area contributed by atoms with E-state index in [1.54, 1.807) is 46.4 Å². The molecule has 0 aliphatic heterocycles. The maximum Gasteiger partial charge on any atom is 0.408 e. The molecule has 2 aliphatic rings. The molecular formula is C41H55N3O7. The topological polar surface area (TPSA) is 123 Å². The first-order valence-electron chi connectivity index (χ1n) is 17.8. The van der Waals surface area contributed by atoms with Gasteiger partial charge in [-0.2, -0.15) is 0 Å². The number of fused-ring (bicyclic) bond motifs is 5. The van der Waals surface area contributed by atoms with E-state index in [-0.39, 0.29) is 18.7 Å². The molecule has 2 aromatic carbocycles. The second-order valence-electron chi connectivity index (χ2n) is 16.7. The second kappa shape index (κ2) is 15.3. The van der Waals surface area contributed by atoms with E-state index < -0.39 is 40.4 Å². The van der Waals surface area contributed by atoms with Gasteiger partial charge in [0, 0.05) is 30.6 Å². The zero-order valence-corrected chi connectivity index (χ0v) is 32.0. The summed E-state index contributed by atoms with van der Waals surface area (Å²) in [7, 11) is 0. The molecule has 0 bridgehead atoms. The highest BCUT2D eigenvalue weighted by molar-refractivity contribution is 5.96. The van der Waals surface area contributed by atoms with Crippen LogP contribution in [0.3, 0.4) is 0 Å². The van der Waals surface area contributed by atoms with Gasteiger partial charge in [0.05, 0.1) is 6.42 Å². The molecular weight excluding hydrogens is 646 g/mol. The van der Waals surface area contributed by atoms with E-state index >= 15 is 0 Å². The molecule has 0 aromatic heterocycles. The molecule has 0 saturated carbocycles. The van der Waals surface area contributed by atoms with Gasteiger partial charge in [-0.15, -0.1) is 0 Å². The molecule has 2 aromatic rings. The van der Waals surface area contributed by atoms with Crippen LogP contribution in [0.25, 0.3) is 29.0 Å². The van der Waals surface area contributed by atoms with Crippen molar-refractivity contribution in [2.75, 3.05) is 13.1 Å². The fourth-order valence-electron chi connectivity index (χ4n) is 5.98. The molecule has 0 atom stereocenters. The monoisotopic (exact) mass is 701 g/mol. The molecule has 0 heterocycles. The number of amides is 3. The summed E-state index contributed by atoms with van der Waals surface area (Å²) in [5.41, 5.74) is -0.267. The smallest absolute Gasteiger partial charge is 0.408 e. The van der Waals surface area contributed by atoms with Gasteiger partial charge in [0.2, 0.25) is 5.91 Å². The van der Waals surface area contributed by atoms with Gasteiger partial charge in [0.15, 0.2) is 0 Å². The Balaban J connectivity index is 1.39. The Morgan fingerprint density at radius 3 is 1.84 bits per heavy atom. The van der Waals surface area contributed by atoms with Crippen molar-refractivity contribution in [2.24, 2.45) is 0 Å². The van der Waals surface area contributed by atoms with Crippen LogP contribution in [0.5, 0.6) is 0 Å². The van der Waals surface area contributed by atoms with E-state index in [1.165, 1.54) is 27.1 Å². The van der Waals surface area contributed by atoms with Crippen LogP contribution in [-0.2, 0) is 30.2 Å². The summed E-state index contributed by atoms with van der Waals surface area (Å²) in [5, 5.41) is 10.4. The summed E-state index contributed by atoms with van der Waals surface area (Å²) >= 11 is 0. The number of benzene rings is 2. The predicted molar refractivity (Wildman–Crippen MR) is 201 cm³/mol. The van der Waals surface area contributed by atoms with Gasteiger partial charge in [-0.25, -0.2) is 9.59 Å². The highest BCUT2D eigenvalue weighted by Gasteiger charge is 2.29. The van der Waals surface area contributed by atoms with Crippen molar-refractivity contribution in [1.82, 2.24) is 15.5 Å². The number of alkyl carbamates (subject to hydrolysis) is 2. The first-order chi connectivity index (χ1) is 23.6. The van der Waals surface area contributed by atoms with Crippen LogP contribution >= 0.6 is 0 Å². The summed E-state index contributed by atoms with van der Waals surface area (Å²) in [6.45, 7) is 18.8. The molecule has 0 unspecified atom stereocenters. The zero-order chi connectivity index (χ0) is 37.8. The minimum absolute atomic E-state index is 0.0527. The predicted octanol–water partition coefficient (Wildman–Crippen LogP) is 6.41. The number of rotatable bonds is 12. The maximum atomic E-state index is 13.6. The number of hydrogen-bond acceptors (Lipinski definition) is 7. The third-order valence-electron chi connectivity index (χ3n) is 8.59. The lowest BCUT2D eigenvalue weighted by Crippen LogP contribution is -2.50. The summed E-state index contributed by atoms with van der Waals surface area (Å²) in [6, 6.07) is 8.45. The van der Waals surface area contributed by atoms with Gasteiger partial charge in [0.1, 0.15) is 17.0 Å². The SMILES string of the molecule is CC(C)(CCN(CCC(C)(C)NC(=O)OC(C)(C)C)C(=O)CCC(=O)OC1=CCc2c(ccc3c4c(ccc23)=CC=C4)=C1)NC(=O)OC(C)(C)C. The number of ether oxygens (including phenoxy) is 3. The highest BCUT2D eigenvalue weighted by Crippen LogP contribution is 2.24. The molecule has 0 saturated heterocycles. The molecule has 0 radical (unpaired) electrons. The van der Waals surface area contributed by atoms with E-state index in [0.29, 0.717) is 38.1 Å². The van der Waals surface area contributed by atoms with E-state index in [4.69, 9.17) is 14.2 Å². The minimum Gasteiger partial charge on any atom is -0.444 e. The van der Waals surface area contributed by atoms with Crippen LogP contribution in [0.2, 0.25) is 0 Å². The average molecular weight is 702 g/mol. The van der Waals surface area contributed by atoms with Crippen LogP contribution in [0.4, 0.5) is 9.59 Å². The lowest BCUT2D eigenvalue weighted by atomic mass is 9.94. The third-order valence-corrected chi connectivity index (χ3v) is 8.59. The largest absolute Gasteiger partial charge is 0.444 e. The van der Waals surface area contributed by atoms with Crippen LogP contribution in [-0.4, -0.2) is 64.3 Å². The van der Waals surface area contributed by atoms with Crippen molar-refractivity contribution in [3.63, 3.8) is 0 Å². The van der Waals surface area contributed by atoms with Crippen molar-refractivity contribution >= 4 is 53.1 Å². The van der Waals surface area contributed by atoms with Gasteiger partial charge in [-0.1, -0.05) is 42.5 Å². The van der Waals surface area contributed by atoms with Crippen LogP contribution in [0.15, 0.2) is 42.2 Å². The van der Waals surface area contributed by atoms with E-state index in [0.717, 1.165) is 5.22 Å². The number of hydrogen-bond donors (Lipinski definition) is 2. The van der Waals surface area contributed by atoms with Crippen molar-refractivity contribution < 1.29 is 33.4 Å². The molecule has 10 heteroatoms. The maximum absolute atomic E-state index is 13.6. The Kier molecular flexibility index (Phi) is 11.8. The molecule has 3 amide bonds. The van der Waals surface area contributed by atoms with Gasteiger partial charge in [0.25, 0.3) is 0 Å². The van der Waals surface area contributed by atoms with Crippen LogP contribution in [0, 0.1) is 0 Å². The molecule has 51 heavy (non-hydrogen) atoms. The van der Waals surface area contributed by atoms with Crippen molar-refractivity contribution in [1.29, 1.82) is 0 Å². The Bertz CT molecular complexity index is 1810. The van der Waals surface area contributed by atoms with Gasteiger partial charge in [-0.05, 0) is 133 Å². The zero-order valence-electron chi connectivity index (χ0n) is 32.0. The van der Waals surface area contributed by atoms with Crippen molar-refractivity contribution in [3.05, 3.63) is 63.7 Å². The second-order valence-corrected chi connectivity index (χ2v) is 16.7. The van der Waals surface area contributed by atoms with Crippen molar-refractivity contribution in [2.45, 2.75) is 124 Å². The molecule has 0 fully saturated rings. The van der Waals surface area contributed by atoms with Gasteiger partial charge in [-0.3, -0.25) is 9.59 Å². The number of carbonyl (C=O) groups excluding carboxylic acids is 4. The highest BCUT2D eigenvalue weighted by atomic mass is 16.6. The van der Waals surface area contributed by atoms with Crippen molar-refractivity contribution in [3.8, 4) is 0 Å². The minimum atomic E-state index is -0.690. The summed E-state index contributed by atoms with van der Waals surface area (Å²) in [6.07, 6.45) is 10.3. The molecule has 2 aliphatic carbocycles. The van der Waals surface area contributed by atoms with Gasteiger partial charge < -0.3 is 29.7 Å². The Morgan fingerprint density at radius 1 is 0.725 bits per heavy atom. The van der Waals surface area contributed by atoms with E-state index in [2.05, 4.69) is 53.1 Å². The number of nitrogens with zero attached hydrogens (tertiary/aromatic N) is 1. The molecule has 0 spiro atoms. The standard InChI is InChI=1S/C41H55N3O7/c1-38(2,3)50-36(47)42-40(7,8)22-24-44(25-23-41(9,10)43-37(48)51-39(4,5)6)34(45)20-21-35(46)49-29-16-19-31-28(26-29)15-18-32-30-13-11-12-27(30)14-17-33(31)32/h11-18,26H,19-25H2,1-10H3,(H,42,47)(H,43,48). The van der Waals surface area contributed by atoms with E-state index in [1.807, 2.05) is 39.8 Å². The van der Waals surface area contributed by atoms with Crippen LogP contribution in [0.1, 0.15) is 106 Å². The molecule has 4 rings (SSSR count). The summed E-state index contributed by atoms with van der Waals surface area (Å²) in [5.74, 6) is -0.256. The molecule has 2 N–H and O–H groups in total. The average Bonchev–Trinajstić information content (AvgIpc) is 3.46. The number of allylic oxidation sites excluding steroid dienone is 3. The number of nitrogens with one attached hydrogen (secondary N) is 2. The normalized spacial score (nSPS) is 14.0. The molecule has 10 nitrogen and oxygen atoms in total. The fourth-order valence-corrected chi connectivity index (χ4v) is 5.98. The first kappa shape index (κ1) is 39.2. The summed E-state index contributed by atoms with van der Waals surface area (Å²) in [4.78, 5) is 53.3. The lowest BCUT2D eigenvalue weighted by molar-refractivity contribution is -0.142. The third kappa shape index (κ3) is 11.7. The molecule has 276 valence electrons. The quantitative estimate of drug-likeness (QED) is 0.194. The Morgan fingerprint density at radius 2 is 1.27 bits per heavy atom. The summed E-state index contributed by atoms with van der Waals surface area (Å²) < 4.78 is 16.6. The Hall–Kier alpha value is -4.60. The number of esters is 1. The first-order valence-corrected chi connectivity index (χ1v) is 17.8. The van der Waals surface area contributed by atoms with E-state index in [9.17, 15) is 19.2 Å². The lowest BCUT2D eigenvalue weighted by Gasteiger charge is -2.34. The van der Waals surface area contributed by atoms with Crippen LogP contribution < -0.4 is 21.1 Å². The number of carbonyl (C=O) groups is 4. The van der Waals surface area contributed by atoms with Gasteiger partial charge >= 0.3 is 18.2 Å². The fraction of sp³-hybridized carbons (Fsp3) is 0.512.